The van der Waals surface area contributed by atoms with Crippen LogP contribution in [0.3, 0.4) is 0 Å². The molecule has 2 heterocycles. The molecule has 1 aliphatic carbocycles. The van der Waals surface area contributed by atoms with Crippen molar-refractivity contribution in [1.82, 2.24) is 4.98 Å². The summed E-state index contributed by atoms with van der Waals surface area (Å²) in [5.41, 5.74) is 8.50. The van der Waals surface area contributed by atoms with Gasteiger partial charge in [-0.25, -0.2) is 9.78 Å². The fourth-order valence-corrected chi connectivity index (χ4v) is 3.01. The number of ether oxygens (including phenoxy) is 1. The SMILES string of the molecule is Nc1nc(C2CCCCC2)cc2c1C(=O)OCC2. The third-order valence-corrected chi connectivity index (χ3v) is 3.98. The van der Waals surface area contributed by atoms with E-state index in [9.17, 15) is 4.79 Å². The van der Waals surface area contributed by atoms with E-state index in [0.717, 1.165) is 17.7 Å². The number of hydrogen-bond acceptors (Lipinski definition) is 4. The Balaban J connectivity index is 1.97. The Bertz CT molecular complexity index is 479. The van der Waals surface area contributed by atoms with Gasteiger partial charge in [0.1, 0.15) is 11.4 Å². The van der Waals surface area contributed by atoms with E-state index in [2.05, 4.69) is 11.1 Å². The van der Waals surface area contributed by atoms with Gasteiger partial charge in [0.15, 0.2) is 0 Å². The van der Waals surface area contributed by atoms with Crippen LogP contribution in [0.4, 0.5) is 5.82 Å². The van der Waals surface area contributed by atoms with Gasteiger partial charge >= 0.3 is 5.97 Å². The molecule has 18 heavy (non-hydrogen) atoms. The van der Waals surface area contributed by atoms with E-state index in [4.69, 9.17) is 10.5 Å². The Morgan fingerprint density at radius 3 is 2.83 bits per heavy atom. The second-order valence-electron chi connectivity index (χ2n) is 5.19. The summed E-state index contributed by atoms with van der Waals surface area (Å²) in [5, 5.41) is 0. The molecule has 0 bridgehead atoms. The maximum atomic E-state index is 11.7. The highest BCUT2D eigenvalue weighted by Crippen LogP contribution is 2.34. The van der Waals surface area contributed by atoms with E-state index < -0.39 is 0 Å². The summed E-state index contributed by atoms with van der Waals surface area (Å²) in [6.45, 7) is 0.458. The number of carbonyl (C=O) groups excluding carboxylic acids is 1. The molecule has 3 rings (SSSR count). The minimum Gasteiger partial charge on any atom is -0.462 e. The van der Waals surface area contributed by atoms with Crippen molar-refractivity contribution < 1.29 is 9.53 Å². The summed E-state index contributed by atoms with van der Waals surface area (Å²) in [5.74, 6) is 0.540. The molecule has 1 aliphatic heterocycles. The first kappa shape index (κ1) is 11.5. The van der Waals surface area contributed by atoms with Crippen LogP contribution in [0.1, 0.15) is 59.6 Å². The van der Waals surface area contributed by atoms with Crippen molar-refractivity contribution in [2.75, 3.05) is 12.3 Å². The van der Waals surface area contributed by atoms with E-state index >= 15 is 0 Å². The van der Waals surface area contributed by atoms with Crippen LogP contribution in [0.25, 0.3) is 0 Å². The number of pyridine rings is 1. The molecule has 0 saturated heterocycles. The first-order valence-corrected chi connectivity index (χ1v) is 6.72. The third-order valence-electron chi connectivity index (χ3n) is 3.98. The van der Waals surface area contributed by atoms with Crippen LogP contribution in [0.2, 0.25) is 0 Å². The maximum absolute atomic E-state index is 11.7. The van der Waals surface area contributed by atoms with Gasteiger partial charge in [-0.3, -0.25) is 0 Å². The lowest BCUT2D eigenvalue weighted by atomic mass is 9.85. The number of rotatable bonds is 1. The first-order valence-electron chi connectivity index (χ1n) is 6.72. The Kier molecular flexibility index (Phi) is 2.94. The molecule has 0 unspecified atom stereocenters. The molecule has 2 N–H and O–H groups in total. The van der Waals surface area contributed by atoms with Gasteiger partial charge in [-0.15, -0.1) is 0 Å². The predicted molar refractivity (Wildman–Crippen MR) is 68.5 cm³/mol. The van der Waals surface area contributed by atoms with E-state index in [-0.39, 0.29) is 5.97 Å². The molecule has 96 valence electrons. The van der Waals surface area contributed by atoms with E-state index in [1.807, 2.05) is 0 Å². The summed E-state index contributed by atoms with van der Waals surface area (Å²) >= 11 is 0. The smallest absolute Gasteiger partial charge is 0.342 e. The van der Waals surface area contributed by atoms with E-state index in [0.29, 0.717) is 23.9 Å². The summed E-state index contributed by atoms with van der Waals surface area (Å²) in [6, 6.07) is 2.07. The average Bonchev–Trinajstić information content (AvgIpc) is 2.39. The summed E-state index contributed by atoms with van der Waals surface area (Å²) < 4.78 is 5.01. The quantitative estimate of drug-likeness (QED) is 0.773. The number of nitrogens with zero attached hydrogens (tertiary/aromatic N) is 1. The number of nitrogens with two attached hydrogens (primary N) is 1. The molecule has 1 fully saturated rings. The molecule has 0 atom stereocenters. The van der Waals surface area contributed by atoms with Crippen molar-refractivity contribution in [3.8, 4) is 0 Å². The largest absolute Gasteiger partial charge is 0.462 e. The van der Waals surface area contributed by atoms with Gasteiger partial charge in [0.05, 0.1) is 6.61 Å². The van der Waals surface area contributed by atoms with Gasteiger partial charge in [0.25, 0.3) is 0 Å². The molecule has 1 saturated carbocycles. The van der Waals surface area contributed by atoms with Crippen molar-refractivity contribution in [2.24, 2.45) is 0 Å². The van der Waals surface area contributed by atoms with E-state index in [1.54, 1.807) is 0 Å². The lowest BCUT2D eigenvalue weighted by Crippen LogP contribution is -2.21. The minimum absolute atomic E-state index is 0.323. The van der Waals surface area contributed by atoms with E-state index in [1.165, 1.54) is 32.1 Å². The van der Waals surface area contributed by atoms with Gasteiger partial charge < -0.3 is 10.5 Å². The van der Waals surface area contributed by atoms with Crippen LogP contribution in [0.5, 0.6) is 0 Å². The molecule has 0 spiro atoms. The molecular formula is C14H18N2O2. The molecule has 1 aromatic heterocycles. The van der Waals surface area contributed by atoms with Crippen LogP contribution in [0, 0.1) is 0 Å². The number of carbonyl (C=O) groups is 1. The zero-order valence-corrected chi connectivity index (χ0v) is 10.4. The lowest BCUT2D eigenvalue weighted by molar-refractivity contribution is 0.0481. The third kappa shape index (κ3) is 1.96. The van der Waals surface area contributed by atoms with Gasteiger partial charge in [0.2, 0.25) is 0 Å². The Hall–Kier alpha value is -1.58. The predicted octanol–water partition coefficient (Wildman–Crippen LogP) is 2.42. The Morgan fingerprint density at radius 2 is 2.06 bits per heavy atom. The monoisotopic (exact) mass is 246 g/mol. The highest BCUT2D eigenvalue weighted by Gasteiger charge is 2.25. The topological polar surface area (TPSA) is 65.2 Å². The molecule has 4 nitrogen and oxygen atoms in total. The summed E-state index contributed by atoms with van der Waals surface area (Å²) in [7, 11) is 0. The number of esters is 1. The zero-order chi connectivity index (χ0) is 12.5. The number of anilines is 1. The zero-order valence-electron chi connectivity index (χ0n) is 10.4. The summed E-state index contributed by atoms with van der Waals surface area (Å²) in [4.78, 5) is 16.1. The highest BCUT2D eigenvalue weighted by atomic mass is 16.5. The highest BCUT2D eigenvalue weighted by molar-refractivity contribution is 5.96. The standard InChI is InChI=1S/C14H18N2O2/c15-13-12-10(6-7-18-14(12)17)8-11(16-13)9-4-2-1-3-5-9/h8-9H,1-7H2,(H2,15,16). The van der Waals surface area contributed by atoms with Crippen molar-refractivity contribution in [3.05, 3.63) is 22.9 Å². The molecular weight excluding hydrogens is 228 g/mol. The van der Waals surface area contributed by atoms with Crippen LogP contribution in [-0.2, 0) is 11.2 Å². The van der Waals surface area contributed by atoms with Crippen LogP contribution in [0.15, 0.2) is 6.07 Å². The van der Waals surface area contributed by atoms with Crippen molar-refractivity contribution in [3.63, 3.8) is 0 Å². The van der Waals surface area contributed by atoms with Gasteiger partial charge in [0, 0.05) is 18.0 Å². The van der Waals surface area contributed by atoms with Crippen LogP contribution >= 0.6 is 0 Å². The molecule has 4 heteroatoms. The number of fused-ring (bicyclic) bond motifs is 1. The molecule has 0 aromatic carbocycles. The molecule has 0 radical (unpaired) electrons. The fourth-order valence-electron chi connectivity index (χ4n) is 3.01. The van der Waals surface area contributed by atoms with Crippen molar-refractivity contribution in [2.45, 2.75) is 44.4 Å². The number of cyclic esters (lactones) is 1. The van der Waals surface area contributed by atoms with Gasteiger partial charge in [-0.05, 0) is 24.5 Å². The first-order chi connectivity index (χ1) is 8.75. The Labute approximate surface area is 107 Å². The van der Waals surface area contributed by atoms with Crippen molar-refractivity contribution >= 4 is 11.8 Å². The Morgan fingerprint density at radius 1 is 1.28 bits per heavy atom. The van der Waals surface area contributed by atoms with Gasteiger partial charge in [-0.1, -0.05) is 19.3 Å². The summed E-state index contributed by atoms with van der Waals surface area (Å²) in [6.07, 6.45) is 7.00. The second-order valence-corrected chi connectivity index (χ2v) is 5.19. The minimum atomic E-state index is -0.323. The lowest BCUT2D eigenvalue weighted by Gasteiger charge is -2.24. The molecule has 2 aliphatic rings. The second kappa shape index (κ2) is 4.59. The fraction of sp³-hybridized carbons (Fsp3) is 0.571. The maximum Gasteiger partial charge on any atom is 0.342 e. The van der Waals surface area contributed by atoms with Crippen LogP contribution < -0.4 is 5.73 Å². The average molecular weight is 246 g/mol. The number of aromatic nitrogens is 1. The number of nitrogen functional groups attached to an aromatic ring is 1. The van der Waals surface area contributed by atoms with Crippen LogP contribution in [-0.4, -0.2) is 17.6 Å². The normalized spacial score (nSPS) is 20.3. The van der Waals surface area contributed by atoms with Crippen molar-refractivity contribution in [1.29, 1.82) is 0 Å². The number of hydrogen-bond donors (Lipinski definition) is 1. The molecule has 0 amide bonds. The van der Waals surface area contributed by atoms with Gasteiger partial charge in [-0.2, -0.15) is 0 Å². The molecule has 1 aromatic rings.